The SMILES string of the molecule is COCCc1cc(Nc2ncc(Br)c(Nc3ccc4nccnc4c3P(C)(C)=O)n2)c(OC)cc1N1CCC(N2C=CC=COC2=O)CC1.O=C(O)C(F)(F)F. The van der Waals surface area contributed by atoms with Crippen molar-refractivity contribution in [2.75, 3.05) is 62.8 Å². The molecule has 0 unspecified atom stereocenters. The molecule has 20 heteroatoms. The quantitative estimate of drug-likeness (QED) is 0.129. The number of cyclic esters (lactones) is 1. The first kappa shape index (κ1) is 41.9. The first-order valence-electron chi connectivity index (χ1n) is 17.0. The number of rotatable bonds is 11. The molecule has 4 heterocycles. The summed E-state index contributed by atoms with van der Waals surface area (Å²) < 4.78 is 62.3. The molecule has 6 rings (SSSR count). The van der Waals surface area contributed by atoms with Crippen molar-refractivity contribution >= 4 is 80.3 Å². The molecule has 1 saturated heterocycles. The van der Waals surface area contributed by atoms with Crippen LogP contribution < -0.4 is 25.6 Å². The molecule has 15 nitrogen and oxygen atoms in total. The number of carboxylic acids is 1. The fraction of sp³-hybridized carbons (Fsp3) is 0.333. The van der Waals surface area contributed by atoms with E-state index in [1.807, 2.05) is 30.3 Å². The predicted octanol–water partition coefficient (Wildman–Crippen LogP) is 7.20. The van der Waals surface area contributed by atoms with Crippen molar-refractivity contribution in [3.8, 4) is 5.75 Å². The largest absolute Gasteiger partial charge is 0.494 e. The maximum atomic E-state index is 13.5. The van der Waals surface area contributed by atoms with Gasteiger partial charge in [-0.3, -0.25) is 14.9 Å². The second kappa shape index (κ2) is 18.1. The Morgan fingerprint density at radius 2 is 1.79 bits per heavy atom. The summed E-state index contributed by atoms with van der Waals surface area (Å²) in [7, 11) is 0.538. The smallest absolute Gasteiger partial charge is 0.490 e. The number of anilines is 5. The molecule has 1 amide bonds. The molecular weight excluding hydrogens is 824 g/mol. The van der Waals surface area contributed by atoms with Crippen LogP contribution in [0.3, 0.4) is 0 Å². The predicted molar refractivity (Wildman–Crippen MR) is 209 cm³/mol. The van der Waals surface area contributed by atoms with Gasteiger partial charge in [0.2, 0.25) is 5.95 Å². The summed E-state index contributed by atoms with van der Waals surface area (Å²) >= 11 is 3.56. The van der Waals surface area contributed by atoms with E-state index in [0.717, 1.165) is 37.2 Å². The average molecular weight is 864 g/mol. The first-order chi connectivity index (χ1) is 26.6. The van der Waals surface area contributed by atoms with Gasteiger partial charge >= 0.3 is 18.2 Å². The first-order valence-corrected chi connectivity index (χ1v) is 20.4. The number of methoxy groups -OCH3 is 2. The number of hydrogen-bond acceptors (Lipinski definition) is 13. The van der Waals surface area contributed by atoms with Gasteiger partial charge in [0.15, 0.2) is 0 Å². The molecule has 3 N–H and O–H groups in total. The molecule has 1 fully saturated rings. The minimum Gasteiger partial charge on any atom is -0.494 e. The highest BCUT2D eigenvalue weighted by Crippen LogP contribution is 2.42. The van der Waals surface area contributed by atoms with Gasteiger partial charge in [-0.25, -0.2) is 14.6 Å². The van der Waals surface area contributed by atoms with Crippen molar-refractivity contribution in [2.45, 2.75) is 31.5 Å². The normalized spacial score (nSPS) is 14.8. The number of benzene rings is 2. The number of carbonyl (C=O) groups is 2. The lowest BCUT2D eigenvalue weighted by atomic mass is 10.00. The Kier molecular flexibility index (Phi) is 13.6. The Hall–Kier alpha value is -5.26. The third-order valence-electron chi connectivity index (χ3n) is 8.63. The van der Waals surface area contributed by atoms with Crippen molar-refractivity contribution in [3.05, 3.63) is 77.5 Å². The van der Waals surface area contributed by atoms with E-state index >= 15 is 0 Å². The molecule has 0 atom stereocenters. The van der Waals surface area contributed by atoms with Gasteiger partial charge in [-0.2, -0.15) is 18.2 Å². The highest BCUT2D eigenvalue weighted by molar-refractivity contribution is 9.10. The average Bonchev–Trinajstić information content (AvgIpc) is 3.38. The minimum absolute atomic E-state index is 0.0442. The van der Waals surface area contributed by atoms with Crippen LogP contribution in [0.1, 0.15) is 18.4 Å². The van der Waals surface area contributed by atoms with E-state index in [-0.39, 0.29) is 12.1 Å². The molecule has 0 bridgehead atoms. The lowest BCUT2D eigenvalue weighted by Gasteiger charge is -2.38. The van der Waals surface area contributed by atoms with E-state index in [9.17, 15) is 22.5 Å². The van der Waals surface area contributed by atoms with E-state index in [4.69, 9.17) is 29.1 Å². The Morgan fingerprint density at radius 1 is 1.07 bits per heavy atom. The number of hydrogen-bond donors (Lipinski definition) is 3. The van der Waals surface area contributed by atoms with Crippen molar-refractivity contribution in [3.63, 3.8) is 0 Å². The second-order valence-electron chi connectivity index (χ2n) is 12.8. The zero-order valence-corrected chi connectivity index (χ0v) is 33.2. The molecule has 2 aliphatic rings. The van der Waals surface area contributed by atoms with Crippen LogP contribution in [0.5, 0.6) is 5.75 Å². The number of amides is 1. The number of carboxylic acid groups (broad SMARTS) is 1. The number of fused-ring (bicyclic) bond motifs is 1. The topological polar surface area (TPSA) is 181 Å². The van der Waals surface area contributed by atoms with Crippen molar-refractivity contribution in [1.29, 1.82) is 0 Å². The van der Waals surface area contributed by atoms with Crippen molar-refractivity contribution < 1.29 is 46.6 Å². The number of aromatic nitrogens is 4. The van der Waals surface area contributed by atoms with E-state index in [2.05, 4.69) is 46.4 Å². The summed E-state index contributed by atoms with van der Waals surface area (Å²) in [5, 5.41) is 14.4. The Bertz CT molecular complexity index is 2180. The zero-order chi connectivity index (χ0) is 40.6. The van der Waals surface area contributed by atoms with Crippen LogP contribution in [0.2, 0.25) is 0 Å². The van der Waals surface area contributed by atoms with Gasteiger partial charge in [-0.05, 0) is 84.4 Å². The molecule has 2 aromatic carbocycles. The van der Waals surface area contributed by atoms with E-state index in [1.54, 1.807) is 63.3 Å². The zero-order valence-electron chi connectivity index (χ0n) is 30.7. The van der Waals surface area contributed by atoms with Crippen molar-refractivity contribution in [2.24, 2.45) is 0 Å². The Balaban J connectivity index is 0.000000784. The number of aliphatic carboxylic acids is 1. The van der Waals surface area contributed by atoms with Gasteiger partial charge in [-0.1, -0.05) is 0 Å². The lowest BCUT2D eigenvalue weighted by Crippen LogP contribution is -2.45. The van der Waals surface area contributed by atoms with Gasteiger partial charge in [0.25, 0.3) is 0 Å². The number of ether oxygens (including phenoxy) is 3. The summed E-state index contributed by atoms with van der Waals surface area (Å²) in [6, 6.07) is 7.79. The Morgan fingerprint density at radius 3 is 2.45 bits per heavy atom. The number of carbonyl (C=O) groups excluding carboxylic acids is 1. The number of nitrogens with one attached hydrogen (secondary N) is 2. The van der Waals surface area contributed by atoms with Gasteiger partial charge < -0.3 is 39.4 Å². The molecule has 0 spiro atoms. The van der Waals surface area contributed by atoms with Crippen LogP contribution in [0.4, 0.5) is 46.8 Å². The number of piperidine rings is 1. The summed E-state index contributed by atoms with van der Waals surface area (Å²) in [5.74, 6) is -1.32. The van der Waals surface area contributed by atoms with Crippen LogP contribution in [-0.4, -0.2) is 101 Å². The van der Waals surface area contributed by atoms with Gasteiger partial charge in [0, 0.05) is 62.8 Å². The monoisotopic (exact) mass is 862 g/mol. The summed E-state index contributed by atoms with van der Waals surface area (Å²) in [6.45, 7) is 5.46. The van der Waals surface area contributed by atoms with E-state index in [1.165, 1.54) is 6.26 Å². The standard InChI is InChI=1S/C34H38BrN8O5P.C2HF3O2/c1-46-18-11-22-19-27(29(47-2)20-28(22)42-15-9-23(10-16-42)43-14-5-6-17-48-34(43)44)40-33-38-21-24(35)32(41-33)39-26-8-7-25-30(37-13-12-36-25)31(26)49(3,4)45;3-2(4,5)1(6)7/h5-8,12-14,17,19-21,23H,9-11,15-16,18H2,1-4H3,(H2,38,39,40,41);(H,6,7). The highest BCUT2D eigenvalue weighted by atomic mass is 79.9. The van der Waals surface area contributed by atoms with Crippen LogP contribution >= 0.6 is 23.1 Å². The van der Waals surface area contributed by atoms with Gasteiger partial charge in [-0.15, -0.1) is 0 Å². The Labute approximate surface area is 328 Å². The maximum absolute atomic E-state index is 13.5. The fourth-order valence-corrected chi connectivity index (χ4v) is 7.76. The summed E-state index contributed by atoms with van der Waals surface area (Å²) in [6.07, 6.45) is 8.37. The van der Waals surface area contributed by atoms with Crippen LogP contribution in [-0.2, 0) is 25.3 Å². The van der Waals surface area contributed by atoms with Gasteiger partial charge in [0.1, 0.15) is 24.2 Å². The highest BCUT2D eigenvalue weighted by Gasteiger charge is 2.38. The molecule has 2 aromatic heterocycles. The maximum Gasteiger partial charge on any atom is 0.490 e. The minimum atomic E-state index is -5.08. The number of alkyl halides is 3. The third kappa shape index (κ3) is 10.3. The molecule has 4 aromatic rings. The molecule has 0 aliphatic carbocycles. The number of halogens is 4. The second-order valence-corrected chi connectivity index (χ2v) is 16.8. The molecular formula is C36H39BrF3N8O7P. The lowest BCUT2D eigenvalue weighted by molar-refractivity contribution is -0.192. The fourth-order valence-electron chi connectivity index (χ4n) is 6.08. The number of allylic oxidation sites excluding steroid dienone is 2. The van der Waals surface area contributed by atoms with E-state index < -0.39 is 19.3 Å². The van der Waals surface area contributed by atoms with E-state index in [0.29, 0.717) is 62.7 Å². The van der Waals surface area contributed by atoms with Crippen LogP contribution in [0, 0.1) is 0 Å². The number of nitrogens with zero attached hydrogens (tertiary/aromatic N) is 6. The summed E-state index contributed by atoms with van der Waals surface area (Å²) in [5.41, 5.74) is 4.68. The molecule has 56 heavy (non-hydrogen) atoms. The molecule has 298 valence electrons. The van der Waals surface area contributed by atoms with Crippen molar-refractivity contribution in [1.82, 2.24) is 24.8 Å². The molecule has 0 radical (unpaired) electrons. The molecule has 2 aliphatic heterocycles. The molecule has 0 saturated carbocycles. The summed E-state index contributed by atoms with van der Waals surface area (Å²) in [4.78, 5) is 43.5. The van der Waals surface area contributed by atoms with Gasteiger partial charge in [0.05, 0.1) is 46.6 Å². The van der Waals surface area contributed by atoms with Crippen LogP contribution in [0.15, 0.2) is 71.9 Å². The van der Waals surface area contributed by atoms with Crippen LogP contribution in [0.25, 0.3) is 11.0 Å². The third-order valence-corrected chi connectivity index (χ3v) is 10.7.